The summed E-state index contributed by atoms with van der Waals surface area (Å²) in [7, 11) is 0. The zero-order chi connectivity index (χ0) is 15.0. The molecule has 1 aliphatic carbocycles. The third kappa shape index (κ3) is 3.68. The molecule has 112 valence electrons. The normalized spacial score (nSPS) is 19.9. The van der Waals surface area contributed by atoms with Crippen molar-refractivity contribution in [1.29, 1.82) is 0 Å². The maximum Gasteiger partial charge on any atom is 0.416 e. The number of hydrogen-bond acceptors (Lipinski definition) is 1. The molecule has 1 aromatic carbocycles. The van der Waals surface area contributed by atoms with E-state index in [1.165, 1.54) is 19.1 Å². The Bertz CT molecular complexity index is 467. The first-order valence-corrected chi connectivity index (χ1v) is 7.12. The number of hydrogen-bond donors (Lipinski definition) is 1. The lowest BCUT2D eigenvalue weighted by molar-refractivity contribution is -0.138. The van der Waals surface area contributed by atoms with Gasteiger partial charge < -0.3 is 5.32 Å². The number of nitrogens with one attached hydrogen (secondary N) is 1. The lowest BCUT2D eigenvalue weighted by atomic mass is 9.75. The van der Waals surface area contributed by atoms with Crippen LogP contribution in [0.15, 0.2) is 18.2 Å². The molecule has 1 aromatic rings. The Labute approximate surface area is 118 Å². The average molecular weight is 285 g/mol. The van der Waals surface area contributed by atoms with Gasteiger partial charge in [0.2, 0.25) is 0 Å². The minimum atomic E-state index is -4.28. The summed E-state index contributed by atoms with van der Waals surface area (Å²) in [4.78, 5) is 0. The highest BCUT2D eigenvalue weighted by atomic mass is 19.4. The third-order valence-electron chi connectivity index (χ3n) is 4.25. The average Bonchev–Trinajstić information content (AvgIpc) is 2.33. The standard InChI is InChI=1S/C16H22F3N/c1-11-4-5-13(10-14(11)16(17,18)19)20-12-6-8-15(2,3)9-7-12/h4-5,10,12,20H,6-9H2,1-3H3. The van der Waals surface area contributed by atoms with E-state index in [4.69, 9.17) is 0 Å². The molecule has 0 aliphatic heterocycles. The molecule has 4 heteroatoms. The van der Waals surface area contributed by atoms with Crippen molar-refractivity contribution in [2.75, 3.05) is 5.32 Å². The molecule has 0 spiro atoms. The number of aryl methyl sites for hydroxylation is 1. The Kier molecular flexibility index (Phi) is 4.03. The van der Waals surface area contributed by atoms with Crippen molar-refractivity contribution in [3.63, 3.8) is 0 Å². The van der Waals surface area contributed by atoms with Crippen LogP contribution in [0.2, 0.25) is 0 Å². The van der Waals surface area contributed by atoms with E-state index in [1.807, 2.05) is 0 Å². The number of benzene rings is 1. The fraction of sp³-hybridized carbons (Fsp3) is 0.625. The maximum atomic E-state index is 12.9. The molecule has 0 bridgehead atoms. The van der Waals surface area contributed by atoms with Crippen molar-refractivity contribution in [2.24, 2.45) is 5.41 Å². The van der Waals surface area contributed by atoms with Crippen molar-refractivity contribution in [2.45, 2.75) is 58.7 Å². The van der Waals surface area contributed by atoms with Gasteiger partial charge in [0.1, 0.15) is 0 Å². The van der Waals surface area contributed by atoms with E-state index >= 15 is 0 Å². The molecule has 0 radical (unpaired) electrons. The molecule has 0 unspecified atom stereocenters. The van der Waals surface area contributed by atoms with E-state index in [9.17, 15) is 13.2 Å². The quantitative estimate of drug-likeness (QED) is 0.767. The van der Waals surface area contributed by atoms with Crippen molar-refractivity contribution < 1.29 is 13.2 Å². The molecule has 2 rings (SSSR count). The van der Waals surface area contributed by atoms with Gasteiger partial charge >= 0.3 is 6.18 Å². The molecule has 1 saturated carbocycles. The predicted octanol–water partition coefficient (Wildman–Crippen LogP) is 5.39. The second-order valence-electron chi connectivity index (χ2n) is 6.61. The monoisotopic (exact) mass is 285 g/mol. The third-order valence-corrected chi connectivity index (χ3v) is 4.25. The fourth-order valence-corrected chi connectivity index (χ4v) is 2.80. The van der Waals surface area contributed by atoms with Gasteiger partial charge in [-0.25, -0.2) is 0 Å². The van der Waals surface area contributed by atoms with Crippen LogP contribution in [0.5, 0.6) is 0 Å². The molecule has 1 aliphatic rings. The molecule has 1 fully saturated rings. The van der Waals surface area contributed by atoms with Crippen LogP contribution < -0.4 is 5.32 Å². The minimum absolute atomic E-state index is 0.271. The Hall–Kier alpha value is -1.19. The summed E-state index contributed by atoms with van der Waals surface area (Å²) >= 11 is 0. The highest BCUT2D eigenvalue weighted by molar-refractivity contribution is 5.50. The van der Waals surface area contributed by atoms with Crippen LogP contribution in [0.4, 0.5) is 18.9 Å². The lowest BCUT2D eigenvalue weighted by Crippen LogP contribution is -2.29. The number of anilines is 1. The zero-order valence-electron chi connectivity index (χ0n) is 12.3. The van der Waals surface area contributed by atoms with E-state index < -0.39 is 11.7 Å². The maximum absolute atomic E-state index is 12.9. The van der Waals surface area contributed by atoms with E-state index in [1.54, 1.807) is 6.07 Å². The summed E-state index contributed by atoms with van der Waals surface area (Å²) in [6.07, 6.45) is -0.0217. The first-order valence-electron chi connectivity index (χ1n) is 7.12. The second kappa shape index (κ2) is 5.30. The van der Waals surface area contributed by atoms with Gasteiger partial charge in [-0.05, 0) is 55.7 Å². The van der Waals surface area contributed by atoms with Crippen molar-refractivity contribution in [3.05, 3.63) is 29.3 Å². The molecule has 0 aromatic heterocycles. The zero-order valence-corrected chi connectivity index (χ0v) is 12.3. The van der Waals surface area contributed by atoms with Crippen LogP contribution in [-0.4, -0.2) is 6.04 Å². The fourth-order valence-electron chi connectivity index (χ4n) is 2.80. The topological polar surface area (TPSA) is 12.0 Å². The number of alkyl halides is 3. The first kappa shape index (κ1) is 15.2. The summed E-state index contributed by atoms with van der Waals surface area (Å²) in [6.45, 7) is 5.99. The summed E-state index contributed by atoms with van der Waals surface area (Å²) in [5, 5.41) is 3.26. The van der Waals surface area contributed by atoms with Gasteiger partial charge in [-0.3, -0.25) is 0 Å². The van der Waals surface area contributed by atoms with Crippen LogP contribution in [0.25, 0.3) is 0 Å². The van der Waals surface area contributed by atoms with Crippen LogP contribution in [0, 0.1) is 12.3 Å². The molecule has 20 heavy (non-hydrogen) atoms. The summed E-state index contributed by atoms with van der Waals surface area (Å²) < 4.78 is 38.6. The van der Waals surface area contributed by atoms with Gasteiger partial charge in [-0.1, -0.05) is 19.9 Å². The van der Waals surface area contributed by atoms with Crippen molar-refractivity contribution in [3.8, 4) is 0 Å². The van der Waals surface area contributed by atoms with Crippen LogP contribution in [0.1, 0.15) is 50.7 Å². The molecule has 0 atom stereocenters. The molecule has 0 saturated heterocycles. The Morgan fingerprint density at radius 1 is 1.15 bits per heavy atom. The summed E-state index contributed by atoms with van der Waals surface area (Å²) in [5.41, 5.74) is 0.668. The van der Waals surface area contributed by atoms with Gasteiger partial charge in [0, 0.05) is 11.7 Å². The van der Waals surface area contributed by atoms with Crippen LogP contribution >= 0.6 is 0 Å². The minimum Gasteiger partial charge on any atom is -0.382 e. The van der Waals surface area contributed by atoms with Crippen LogP contribution in [0.3, 0.4) is 0 Å². The van der Waals surface area contributed by atoms with E-state index in [2.05, 4.69) is 19.2 Å². The van der Waals surface area contributed by atoms with E-state index in [-0.39, 0.29) is 11.6 Å². The van der Waals surface area contributed by atoms with Crippen molar-refractivity contribution >= 4 is 5.69 Å². The number of halogens is 3. The lowest BCUT2D eigenvalue weighted by Gasteiger charge is -2.35. The Balaban J connectivity index is 2.08. The molecule has 0 heterocycles. The van der Waals surface area contributed by atoms with Crippen molar-refractivity contribution in [1.82, 2.24) is 0 Å². The van der Waals surface area contributed by atoms with Gasteiger partial charge in [0.15, 0.2) is 0 Å². The smallest absolute Gasteiger partial charge is 0.382 e. The molecule has 1 nitrogen and oxygen atoms in total. The Morgan fingerprint density at radius 3 is 2.30 bits per heavy atom. The predicted molar refractivity (Wildman–Crippen MR) is 75.8 cm³/mol. The first-order chi connectivity index (χ1) is 9.17. The molecular formula is C16H22F3N. The molecule has 1 N–H and O–H groups in total. The largest absolute Gasteiger partial charge is 0.416 e. The van der Waals surface area contributed by atoms with E-state index in [0.29, 0.717) is 11.1 Å². The Morgan fingerprint density at radius 2 is 1.75 bits per heavy atom. The summed E-state index contributed by atoms with van der Waals surface area (Å²) in [6, 6.07) is 4.80. The van der Waals surface area contributed by atoms with E-state index in [0.717, 1.165) is 25.7 Å². The highest BCUT2D eigenvalue weighted by Gasteiger charge is 2.33. The van der Waals surface area contributed by atoms with Gasteiger partial charge in [0.25, 0.3) is 0 Å². The molecular weight excluding hydrogens is 263 g/mol. The number of rotatable bonds is 2. The SMILES string of the molecule is Cc1ccc(NC2CCC(C)(C)CC2)cc1C(F)(F)F. The van der Waals surface area contributed by atoms with Gasteiger partial charge in [-0.15, -0.1) is 0 Å². The highest BCUT2D eigenvalue weighted by Crippen LogP contribution is 2.37. The van der Waals surface area contributed by atoms with Crippen LogP contribution in [-0.2, 0) is 6.18 Å². The van der Waals surface area contributed by atoms with Gasteiger partial charge in [-0.2, -0.15) is 13.2 Å². The molecule has 0 amide bonds. The second-order valence-corrected chi connectivity index (χ2v) is 6.61. The summed E-state index contributed by atoms with van der Waals surface area (Å²) in [5.74, 6) is 0. The van der Waals surface area contributed by atoms with Gasteiger partial charge in [0.05, 0.1) is 5.56 Å².